The molecule has 0 spiro atoms. The first-order chi connectivity index (χ1) is 13.7. The van der Waals surface area contributed by atoms with E-state index in [1.54, 1.807) is 20.9 Å². The Labute approximate surface area is 180 Å². The van der Waals surface area contributed by atoms with Crippen molar-refractivity contribution in [2.75, 3.05) is 31.7 Å². The lowest BCUT2D eigenvalue weighted by Gasteiger charge is -2.26. The maximum Gasteiger partial charge on any atom is 0.412 e. The Morgan fingerprint density at radius 1 is 1.07 bits per heavy atom. The molecule has 0 radical (unpaired) electrons. The van der Waals surface area contributed by atoms with Crippen molar-refractivity contribution in [1.82, 2.24) is 15.4 Å². The van der Waals surface area contributed by atoms with Crippen LogP contribution >= 0.6 is 0 Å². The van der Waals surface area contributed by atoms with Gasteiger partial charge in [-0.25, -0.2) is 17.9 Å². The van der Waals surface area contributed by atoms with E-state index in [1.807, 2.05) is 45.0 Å². The highest BCUT2D eigenvalue weighted by Crippen LogP contribution is 2.13. The maximum absolute atomic E-state index is 11.8. The molecule has 9 nitrogen and oxygen atoms in total. The average molecular weight is 442 g/mol. The maximum atomic E-state index is 11.8. The highest BCUT2D eigenvalue weighted by atomic mass is 32.2. The molecule has 0 saturated carbocycles. The molecule has 4 N–H and O–H groups in total. The van der Waals surface area contributed by atoms with Crippen LogP contribution < -0.4 is 20.7 Å². The van der Waals surface area contributed by atoms with Crippen molar-refractivity contribution >= 4 is 27.8 Å². The van der Waals surface area contributed by atoms with E-state index in [4.69, 9.17) is 4.74 Å². The van der Waals surface area contributed by atoms with E-state index in [-0.39, 0.29) is 0 Å². The first-order valence-electron chi connectivity index (χ1n) is 9.71. The fourth-order valence-electron chi connectivity index (χ4n) is 2.56. The van der Waals surface area contributed by atoms with Crippen molar-refractivity contribution in [1.29, 1.82) is 0 Å². The van der Waals surface area contributed by atoms with Crippen LogP contribution in [-0.2, 0) is 21.2 Å². The molecule has 0 unspecified atom stereocenters. The summed E-state index contributed by atoms with van der Waals surface area (Å²) in [5.74, 6) is 0.585. The molecule has 170 valence electrons. The number of nitrogens with one attached hydrogen (secondary N) is 4. The lowest BCUT2D eigenvalue weighted by atomic mass is 10.1. The van der Waals surface area contributed by atoms with Gasteiger partial charge in [-0.1, -0.05) is 12.1 Å². The summed E-state index contributed by atoms with van der Waals surface area (Å²) in [6.45, 7) is 10.0. The van der Waals surface area contributed by atoms with E-state index >= 15 is 0 Å². The van der Waals surface area contributed by atoms with Crippen molar-refractivity contribution in [3.63, 3.8) is 0 Å². The molecule has 0 atom stereocenters. The number of amides is 1. The zero-order chi connectivity index (χ0) is 23.0. The van der Waals surface area contributed by atoms with E-state index in [0.717, 1.165) is 18.2 Å². The molecule has 0 aliphatic heterocycles. The third-order valence-electron chi connectivity index (χ3n) is 3.69. The van der Waals surface area contributed by atoms with Gasteiger partial charge in [0, 0.05) is 31.4 Å². The minimum Gasteiger partial charge on any atom is -0.444 e. The molecule has 0 aliphatic carbocycles. The zero-order valence-corrected chi connectivity index (χ0v) is 19.7. The van der Waals surface area contributed by atoms with Crippen molar-refractivity contribution in [3.05, 3.63) is 29.8 Å². The second-order valence-corrected chi connectivity index (χ2v) is 10.4. The lowest BCUT2D eigenvalue weighted by Crippen LogP contribution is -2.53. The molecule has 1 amide bonds. The van der Waals surface area contributed by atoms with Crippen molar-refractivity contribution in [2.24, 2.45) is 4.99 Å². The van der Waals surface area contributed by atoms with Crippen LogP contribution in [0.2, 0.25) is 0 Å². The Balaban J connectivity index is 2.46. The van der Waals surface area contributed by atoms with Crippen LogP contribution in [0.1, 0.15) is 40.2 Å². The van der Waals surface area contributed by atoms with Crippen molar-refractivity contribution in [3.8, 4) is 0 Å². The van der Waals surface area contributed by atoms with Gasteiger partial charge in [-0.3, -0.25) is 10.3 Å². The number of sulfonamides is 1. The number of anilines is 1. The topological polar surface area (TPSA) is 121 Å². The number of guanidine groups is 1. The number of rotatable bonds is 8. The highest BCUT2D eigenvalue weighted by Gasteiger charge is 2.22. The molecule has 1 aromatic rings. The van der Waals surface area contributed by atoms with Gasteiger partial charge in [0.2, 0.25) is 10.0 Å². The highest BCUT2D eigenvalue weighted by molar-refractivity contribution is 7.88. The van der Waals surface area contributed by atoms with Gasteiger partial charge < -0.3 is 15.4 Å². The average Bonchev–Trinajstić information content (AvgIpc) is 2.55. The van der Waals surface area contributed by atoms with Gasteiger partial charge in [-0.05, 0) is 58.7 Å². The molecule has 1 aromatic carbocycles. The molecule has 0 heterocycles. The van der Waals surface area contributed by atoms with Crippen LogP contribution in [0.3, 0.4) is 0 Å². The molecule has 1 rings (SSSR count). The summed E-state index contributed by atoms with van der Waals surface area (Å²) in [6, 6.07) is 7.52. The normalized spacial score (nSPS) is 13.0. The summed E-state index contributed by atoms with van der Waals surface area (Å²) in [5, 5.41) is 9.02. The van der Waals surface area contributed by atoms with Crippen LogP contribution in [-0.4, -0.2) is 58.0 Å². The number of ether oxygens (including phenoxy) is 1. The number of benzene rings is 1. The molecule has 0 aliphatic rings. The Bertz CT molecular complexity index is 828. The quantitative estimate of drug-likeness (QED) is 0.362. The number of nitrogens with zero attached hydrogens (tertiary/aromatic N) is 1. The predicted octanol–water partition coefficient (Wildman–Crippen LogP) is 2.07. The SMILES string of the molecule is CN=C(NCCc1ccc(NC(=O)OC(C)(C)C)cc1)NCC(C)(C)NS(C)(=O)=O. The van der Waals surface area contributed by atoms with Gasteiger partial charge >= 0.3 is 6.09 Å². The Morgan fingerprint density at radius 2 is 1.67 bits per heavy atom. The molecular formula is C20H35N5O4S. The van der Waals surface area contributed by atoms with E-state index in [2.05, 4.69) is 25.7 Å². The number of hydrogen-bond donors (Lipinski definition) is 4. The largest absolute Gasteiger partial charge is 0.444 e. The fraction of sp³-hybridized carbons (Fsp3) is 0.600. The second kappa shape index (κ2) is 10.6. The minimum absolute atomic E-state index is 0.380. The van der Waals surface area contributed by atoms with Crippen LogP contribution in [0.25, 0.3) is 0 Å². The third-order valence-corrected chi connectivity index (χ3v) is 4.61. The van der Waals surface area contributed by atoms with Crippen LogP contribution in [0, 0.1) is 0 Å². The number of carbonyl (C=O) groups excluding carboxylic acids is 1. The van der Waals surface area contributed by atoms with Gasteiger partial charge in [0.1, 0.15) is 5.60 Å². The van der Waals surface area contributed by atoms with E-state index < -0.39 is 27.3 Å². The zero-order valence-electron chi connectivity index (χ0n) is 18.9. The summed E-state index contributed by atoms with van der Waals surface area (Å²) >= 11 is 0. The van der Waals surface area contributed by atoms with Crippen LogP contribution in [0.4, 0.5) is 10.5 Å². The summed E-state index contributed by atoms with van der Waals surface area (Å²) in [7, 11) is -1.64. The van der Waals surface area contributed by atoms with E-state index in [9.17, 15) is 13.2 Å². The molecular weight excluding hydrogens is 406 g/mol. The minimum atomic E-state index is -3.29. The number of carbonyl (C=O) groups is 1. The van der Waals surface area contributed by atoms with Gasteiger partial charge in [-0.15, -0.1) is 0 Å². The Hall–Kier alpha value is -2.33. The van der Waals surface area contributed by atoms with Crippen LogP contribution in [0.5, 0.6) is 0 Å². The first-order valence-corrected chi connectivity index (χ1v) is 11.6. The van der Waals surface area contributed by atoms with Crippen LogP contribution in [0.15, 0.2) is 29.3 Å². The van der Waals surface area contributed by atoms with Crippen molar-refractivity contribution in [2.45, 2.75) is 52.2 Å². The lowest BCUT2D eigenvalue weighted by molar-refractivity contribution is 0.0636. The van der Waals surface area contributed by atoms with E-state index in [1.165, 1.54) is 0 Å². The standard InChI is InChI=1S/C20H35N5O4S/c1-19(2,3)29-18(26)24-16-10-8-15(9-11-16)12-13-22-17(21-6)23-14-20(4,5)25-30(7,27)28/h8-11,25H,12-14H2,1-7H3,(H,24,26)(H2,21,22,23). The molecule has 30 heavy (non-hydrogen) atoms. The summed E-state index contributed by atoms with van der Waals surface area (Å²) in [6.07, 6.45) is 1.40. The molecule has 0 fully saturated rings. The second-order valence-electron chi connectivity index (χ2n) is 8.68. The Morgan fingerprint density at radius 3 is 2.17 bits per heavy atom. The Kier molecular flexibility index (Phi) is 9.10. The molecule has 0 bridgehead atoms. The van der Waals surface area contributed by atoms with Gasteiger partial charge in [0.05, 0.1) is 6.26 Å². The molecule has 0 saturated heterocycles. The summed E-state index contributed by atoms with van der Waals surface area (Å²) in [4.78, 5) is 16.0. The van der Waals surface area contributed by atoms with Gasteiger partial charge in [-0.2, -0.15) is 0 Å². The smallest absolute Gasteiger partial charge is 0.412 e. The fourth-order valence-corrected chi connectivity index (χ4v) is 3.64. The summed E-state index contributed by atoms with van der Waals surface area (Å²) in [5.41, 5.74) is 0.561. The first kappa shape index (κ1) is 25.7. The summed E-state index contributed by atoms with van der Waals surface area (Å²) < 4.78 is 30.6. The monoisotopic (exact) mass is 441 g/mol. The molecule has 10 heteroatoms. The molecule has 0 aromatic heterocycles. The van der Waals surface area contributed by atoms with E-state index in [0.29, 0.717) is 24.7 Å². The predicted molar refractivity (Wildman–Crippen MR) is 121 cm³/mol. The van der Waals surface area contributed by atoms with Gasteiger partial charge in [0.15, 0.2) is 5.96 Å². The van der Waals surface area contributed by atoms with Crippen molar-refractivity contribution < 1.29 is 17.9 Å². The number of aliphatic imine (C=N–C) groups is 1. The third kappa shape index (κ3) is 11.6. The van der Waals surface area contributed by atoms with Gasteiger partial charge in [0.25, 0.3) is 0 Å². The number of hydrogen-bond acceptors (Lipinski definition) is 5.